The summed E-state index contributed by atoms with van der Waals surface area (Å²) in [7, 11) is 0. The number of hydrogen-bond acceptors (Lipinski definition) is 6. The molecule has 0 saturated heterocycles. The molecule has 25 heavy (non-hydrogen) atoms. The Kier molecular flexibility index (Phi) is 3.92. The summed E-state index contributed by atoms with van der Waals surface area (Å²) in [6.07, 6.45) is 6.69. The first kappa shape index (κ1) is 15.0. The summed E-state index contributed by atoms with van der Waals surface area (Å²) in [6, 6.07) is 13.4. The van der Waals surface area contributed by atoms with Gasteiger partial charge in [-0.25, -0.2) is 9.97 Å². The van der Waals surface area contributed by atoms with Gasteiger partial charge in [-0.05, 0) is 55.0 Å². The maximum atomic E-state index is 5.85. The van der Waals surface area contributed by atoms with Gasteiger partial charge in [-0.2, -0.15) is 0 Å². The van der Waals surface area contributed by atoms with E-state index in [1.54, 1.807) is 24.8 Å². The van der Waals surface area contributed by atoms with Crippen LogP contribution in [0.25, 0.3) is 11.2 Å². The van der Waals surface area contributed by atoms with Crippen LogP contribution in [0.3, 0.4) is 0 Å². The summed E-state index contributed by atoms with van der Waals surface area (Å²) in [5.41, 5.74) is 3.31. The van der Waals surface area contributed by atoms with Gasteiger partial charge in [0.05, 0.1) is 6.20 Å². The van der Waals surface area contributed by atoms with Gasteiger partial charge >= 0.3 is 0 Å². The maximum Gasteiger partial charge on any atom is 0.180 e. The number of aromatic nitrogens is 4. The predicted molar refractivity (Wildman–Crippen MR) is 96.1 cm³/mol. The van der Waals surface area contributed by atoms with Crippen molar-refractivity contribution in [2.45, 2.75) is 6.92 Å². The minimum Gasteiger partial charge on any atom is -0.455 e. The van der Waals surface area contributed by atoms with Crippen molar-refractivity contribution in [3.8, 4) is 11.5 Å². The van der Waals surface area contributed by atoms with E-state index in [0.717, 1.165) is 22.5 Å². The van der Waals surface area contributed by atoms with E-state index in [2.05, 4.69) is 25.3 Å². The summed E-state index contributed by atoms with van der Waals surface area (Å²) >= 11 is 0. The van der Waals surface area contributed by atoms with Gasteiger partial charge in [0.25, 0.3) is 0 Å². The average Bonchev–Trinajstić information content (AvgIpc) is 2.65. The van der Waals surface area contributed by atoms with E-state index in [1.165, 1.54) is 0 Å². The summed E-state index contributed by atoms with van der Waals surface area (Å²) in [6.45, 7) is 2.00. The molecule has 0 atom stereocenters. The first-order chi connectivity index (χ1) is 12.3. The number of nitrogens with zero attached hydrogens (tertiary/aromatic N) is 4. The molecule has 0 unspecified atom stereocenters. The molecule has 4 aromatic rings. The third-order valence-electron chi connectivity index (χ3n) is 3.64. The number of anilines is 2. The van der Waals surface area contributed by atoms with Crippen molar-refractivity contribution >= 4 is 22.7 Å². The number of rotatable bonds is 4. The zero-order chi connectivity index (χ0) is 17.1. The van der Waals surface area contributed by atoms with Crippen molar-refractivity contribution in [3.63, 3.8) is 0 Å². The molecule has 6 heteroatoms. The lowest BCUT2D eigenvalue weighted by atomic mass is 10.2. The van der Waals surface area contributed by atoms with Gasteiger partial charge in [-0.15, -0.1) is 0 Å². The molecule has 0 fully saturated rings. The molecular weight excluding hydrogens is 314 g/mol. The Labute approximate surface area is 144 Å². The van der Waals surface area contributed by atoms with Crippen molar-refractivity contribution in [2.75, 3.05) is 5.32 Å². The molecule has 0 spiro atoms. The molecule has 0 amide bonds. The fourth-order valence-corrected chi connectivity index (χ4v) is 2.45. The zero-order valence-corrected chi connectivity index (χ0v) is 13.5. The molecule has 122 valence electrons. The van der Waals surface area contributed by atoms with Gasteiger partial charge in [0.15, 0.2) is 5.65 Å². The molecule has 0 radical (unpaired) electrons. The molecule has 1 aromatic carbocycles. The van der Waals surface area contributed by atoms with Crippen LogP contribution in [0, 0.1) is 6.92 Å². The van der Waals surface area contributed by atoms with Gasteiger partial charge in [0, 0.05) is 24.3 Å². The molecule has 0 aliphatic heterocycles. The van der Waals surface area contributed by atoms with Crippen molar-refractivity contribution in [3.05, 3.63) is 72.8 Å². The lowest BCUT2D eigenvalue weighted by Crippen LogP contribution is -1.96. The summed E-state index contributed by atoms with van der Waals surface area (Å²) in [5, 5.41) is 3.28. The van der Waals surface area contributed by atoms with E-state index < -0.39 is 0 Å². The molecule has 4 rings (SSSR count). The van der Waals surface area contributed by atoms with Crippen LogP contribution < -0.4 is 10.1 Å². The Balaban J connectivity index is 1.55. The van der Waals surface area contributed by atoms with Crippen LogP contribution in [-0.4, -0.2) is 19.9 Å². The second kappa shape index (κ2) is 6.52. The number of nitrogens with one attached hydrogen (secondary N) is 1. The highest BCUT2D eigenvalue weighted by Crippen LogP contribution is 2.28. The van der Waals surface area contributed by atoms with Crippen LogP contribution >= 0.6 is 0 Å². The molecular formula is C19H15N5O. The first-order valence-corrected chi connectivity index (χ1v) is 7.81. The minimum atomic E-state index is 0.612. The van der Waals surface area contributed by atoms with Gasteiger partial charge < -0.3 is 10.1 Å². The van der Waals surface area contributed by atoms with Crippen molar-refractivity contribution in [1.82, 2.24) is 19.9 Å². The van der Waals surface area contributed by atoms with Crippen LogP contribution in [0.15, 0.2) is 67.3 Å². The second-order valence-electron chi connectivity index (χ2n) is 5.49. The molecule has 0 bridgehead atoms. The third-order valence-corrected chi connectivity index (χ3v) is 3.64. The second-order valence-corrected chi connectivity index (χ2v) is 5.49. The van der Waals surface area contributed by atoms with Crippen LogP contribution in [0.5, 0.6) is 11.5 Å². The molecule has 3 heterocycles. The van der Waals surface area contributed by atoms with Gasteiger partial charge in [0.2, 0.25) is 0 Å². The maximum absolute atomic E-state index is 5.85. The standard InChI is InChI=1S/C19H15N5O/c1-13-11-14(4-6-17(13)25-15-3-2-8-20-12-15)23-18-7-5-16-19(24-18)22-10-9-21-16/h2-12H,1H3,(H,22,23,24). The minimum absolute atomic E-state index is 0.612. The van der Waals surface area contributed by atoms with Crippen molar-refractivity contribution in [2.24, 2.45) is 0 Å². The van der Waals surface area contributed by atoms with Crippen LogP contribution in [0.1, 0.15) is 5.56 Å². The van der Waals surface area contributed by atoms with E-state index >= 15 is 0 Å². The van der Waals surface area contributed by atoms with Crippen molar-refractivity contribution in [1.29, 1.82) is 0 Å². The molecule has 6 nitrogen and oxygen atoms in total. The number of benzene rings is 1. The molecule has 0 saturated carbocycles. The molecule has 0 aliphatic carbocycles. The van der Waals surface area contributed by atoms with Crippen LogP contribution in [0.2, 0.25) is 0 Å². The first-order valence-electron chi connectivity index (χ1n) is 7.81. The lowest BCUT2D eigenvalue weighted by molar-refractivity contribution is 0.476. The zero-order valence-electron chi connectivity index (χ0n) is 13.5. The summed E-state index contributed by atoms with van der Waals surface area (Å²) in [4.78, 5) is 17.0. The van der Waals surface area contributed by atoms with E-state index in [-0.39, 0.29) is 0 Å². The highest BCUT2D eigenvalue weighted by Gasteiger charge is 2.05. The Hall–Kier alpha value is -3.54. The highest BCUT2D eigenvalue weighted by atomic mass is 16.5. The molecule has 3 aromatic heterocycles. The van der Waals surface area contributed by atoms with Gasteiger partial charge in [0.1, 0.15) is 22.8 Å². The molecule has 1 N–H and O–H groups in total. The average molecular weight is 329 g/mol. The topological polar surface area (TPSA) is 72.8 Å². The number of ether oxygens (including phenoxy) is 1. The van der Waals surface area contributed by atoms with E-state index in [9.17, 15) is 0 Å². The van der Waals surface area contributed by atoms with E-state index in [1.807, 2.05) is 49.4 Å². The number of pyridine rings is 2. The summed E-state index contributed by atoms with van der Waals surface area (Å²) < 4.78 is 5.85. The predicted octanol–water partition coefficient (Wildman–Crippen LogP) is 4.26. The van der Waals surface area contributed by atoms with Crippen LogP contribution in [0.4, 0.5) is 11.5 Å². The highest BCUT2D eigenvalue weighted by molar-refractivity contribution is 5.73. The fraction of sp³-hybridized carbons (Fsp3) is 0.0526. The lowest BCUT2D eigenvalue weighted by Gasteiger charge is -2.11. The number of hydrogen-bond donors (Lipinski definition) is 1. The largest absolute Gasteiger partial charge is 0.455 e. The Bertz CT molecular complexity index is 1020. The van der Waals surface area contributed by atoms with Gasteiger partial charge in [-0.3, -0.25) is 9.97 Å². The SMILES string of the molecule is Cc1cc(Nc2ccc3nccnc3n2)ccc1Oc1cccnc1. The Morgan fingerprint density at radius 3 is 2.72 bits per heavy atom. The van der Waals surface area contributed by atoms with E-state index in [0.29, 0.717) is 17.2 Å². The Morgan fingerprint density at radius 2 is 1.88 bits per heavy atom. The van der Waals surface area contributed by atoms with Crippen molar-refractivity contribution < 1.29 is 4.74 Å². The molecule has 0 aliphatic rings. The normalized spacial score (nSPS) is 10.6. The van der Waals surface area contributed by atoms with E-state index in [4.69, 9.17) is 4.74 Å². The number of fused-ring (bicyclic) bond motifs is 1. The van der Waals surface area contributed by atoms with Gasteiger partial charge in [-0.1, -0.05) is 0 Å². The number of aryl methyl sites for hydroxylation is 1. The van der Waals surface area contributed by atoms with Crippen LogP contribution in [-0.2, 0) is 0 Å². The smallest absolute Gasteiger partial charge is 0.180 e. The summed E-state index contributed by atoms with van der Waals surface area (Å²) in [5.74, 6) is 2.21. The Morgan fingerprint density at radius 1 is 0.960 bits per heavy atom. The third kappa shape index (κ3) is 3.37. The quantitative estimate of drug-likeness (QED) is 0.603. The fourth-order valence-electron chi connectivity index (χ4n) is 2.45. The monoisotopic (exact) mass is 329 g/mol.